The molecule has 0 N–H and O–H groups in total. The van der Waals surface area contributed by atoms with E-state index < -0.39 is 0 Å². The van der Waals surface area contributed by atoms with Crippen LogP contribution in [0.15, 0.2) is 18.2 Å². The average Bonchev–Trinajstić information content (AvgIpc) is 3.41. The first-order valence-corrected chi connectivity index (χ1v) is 11.7. The molecule has 0 aromatic heterocycles. The van der Waals surface area contributed by atoms with Crippen molar-refractivity contribution in [2.75, 3.05) is 38.3 Å². The summed E-state index contributed by atoms with van der Waals surface area (Å²) in [6.07, 6.45) is 5.71. The van der Waals surface area contributed by atoms with E-state index in [2.05, 4.69) is 4.90 Å². The molecule has 4 aliphatic heterocycles. The lowest BCUT2D eigenvalue weighted by atomic mass is 9.90. The van der Waals surface area contributed by atoms with Gasteiger partial charge in [-0.3, -0.25) is 4.79 Å². The number of rotatable bonds is 5. The van der Waals surface area contributed by atoms with Crippen LogP contribution in [0.1, 0.15) is 44.6 Å². The Morgan fingerprint density at radius 1 is 1.13 bits per heavy atom. The molecule has 7 heteroatoms. The number of anilines is 1. The second-order valence-corrected chi connectivity index (χ2v) is 9.47. The fourth-order valence-corrected chi connectivity index (χ4v) is 6.32. The summed E-state index contributed by atoms with van der Waals surface area (Å²) in [7, 11) is 1.67. The molecule has 4 heterocycles. The van der Waals surface area contributed by atoms with E-state index in [-0.39, 0.29) is 18.0 Å². The third kappa shape index (κ3) is 3.77. The summed E-state index contributed by atoms with van der Waals surface area (Å²) in [5.74, 6) is 1.62. The SMILES string of the molecule is CCOC(=O)N1[C@H]2CC[C@H]1CC(CN1CC[C@H](N3C(=O)Cc4ccc(OC)cc43)C1)C2. The molecule has 0 spiro atoms. The third-order valence-electron chi connectivity index (χ3n) is 7.60. The highest BCUT2D eigenvalue weighted by atomic mass is 16.6. The van der Waals surface area contributed by atoms with Crippen LogP contribution in [0.3, 0.4) is 0 Å². The van der Waals surface area contributed by atoms with E-state index in [0.717, 1.165) is 68.7 Å². The maximum atomic E-state index is 12.8. The van der Waals surface area contributed by atoms with Crippen molar-refractivity contribution in [3.05, 3.63) is 23.8 Å². The molecule has 3 fully saturated rings. The van der Waals surface area contributed by atoms with Crippen LogP contribution >= 0.6 is 0 Å². The van der Waals surface area contributed by atoms with Crippen molar-refractivity contribution in [1.82, 2.24) is 9.80 Å². The Labute approximate surface area is 184 Å². The third-order valence-corrected chi connectivity index (χ3v) is 7.60. The summed E-state index contributed by atoms with van der Waals surface area (Å²) in [6.45, 7) is 5.33. The van der Waals surface area contributed by atoms with Crippen LogP contribution in [-0.2, 0) is 16.0 Å². The summed E-state index contributed by atoms with van der Waals surface area (Å²) in [6, 6.07) is 6.86. The smallest absolute Gasteiger partial charge is 0.410 e. The topological polar surface area (TPSA) is 62.3 Å². The van der Waals surface area contributed by atoms with Crippen LogP contribution in [0.2, 0.25) is 0 Å². The maximum Gasteiger partial charge on any atom is 0.410 e. The van der Waals surface area contributed by atoms with Gasteiger partial charge in [-0.1, -0.05) is 6.07 Å². The molecule has 5 rings (SSSR count). The molecule has 31 heavy (non-hydrogen) atoms. The number of methoxy groups -OCH3 is 1. The van der Waals surface area contributed by atoms with Gasteiger partial charge >= 0.3 is 6.09 Å². The van der Waals surface area contributed by atoms with E-state index in [9.17, 15) is 9.59 Å². The van der Waals surface area contributed by atoms with Gasteiger partial charge in [0.2, 0.25) is 5.91 Å². The first-order valence-electron chi connectivity index (χ1n) is 11.7. The van der Waals surface area contributed by atoms with Gasteiger partial charge in [0.05, 0.1) is 31.9 Å². The van der Waals surface area contributed by atoms with E-state index in [4.69, 9.17) is 9.47 Å². The predicted octanol–water partition coefficient (Wildman–Crippen LogP) is 3.06. The fourth-order valence-electron chi connectivity index (χ4n) is 6.32. The van der Waals surface area contributed by atoms with Crippen LogP contribution in [0.4, 0.5) is 10.5 Å². The van der Waals surface area contributed by atoms with Crippen LogP contribution in [0.5, 0.6) is 5.75 Å². The normalized spacial score (nSPS) is 30.1. The number of amides is 2. The van der Waals surface area contributed by atoms with Crippen molar-refractivity contribution < 1.29 is 19.1 Å². The number of carbonyl (C=O) groups is 2. The summed E-state index contributed by atoms with van der Waals surface area (Å²) >= 11 is 0. The molecule has 0 unspecified atom stereocenters. The van der Waals surface area contributed by atoms with Crippen LogP contribution in [0, 0.1) is 5.92 Å². The van der Waals surface area contributed by atoms with Crippen molar-refractivity contribution in [2.24, 2.45) is 5.92 Å². The number of fused-ring (bicyclic) bond motifs is 3. The lowest BCUT2D eigenvalue weighted by Gasteiger charge is -2.39. The van der Waals surface area contributed by atoms with Crippen LogP contribution < -0.4 is 9.64 Å². The molecular weight excluding hydrogens is 394 g/mol. The van der Waals surface area contributed by atoms with Crippen molar-refractivity contribution in [3.8, 4) is 5.75 Å². The number of benzene rings is 1. The minimum Gasteiger partial charge on any atom is -0.497 e. The lowest BCUT2D eigenvalue weighted by molar-refractivity contribution is -0.117. The highest BCUT2D eigenvalue weighted by Gasteiger charge is 2.45. The Morgan fingerprint density at radius 2 is 1.90 bits per heavy atom. The van der Waals surface area contributed by atoms with Gasteiger partial charge in [-0.05, 0) is 56.6 Å². The van der Waals surface area contributed by atoms with Crippen molar-refractivity contribution in [3.63, 3.8) is 0 Å². The van der Waals surface area contributed by atoms with Gasteiger partial charge in [-0.25, -0.2) is 4.79 Å². The van der Waals surface area contributed by atoms with Gasteiger partial charge in [0, 0.05) is 37.8 Å². The van der Waals surface area contributed by atoms with Gasteiger partial charge < -0.3 is 24.2 Å². The van der Waals surface area contributed by atoms with E-state index in [1.165, 1.54) is 0 Å². The van der Waals surface area contributed by atoms with Crippen molar-refractivity contribution in [2.45, 2.75) is 63.6 Å². The van der Waals surface area contributed by atoms with Crippen LogP contribution in [0.25, 0.3) is 0 Å². The van der Waals surface area contributed by atoms with Gasteiger partial charge in [0.25, 0.3) is 0 Å². The monoisotopic (exact) mass is 427 g/mol. The molecular formula is C24H33N3O4. The second kappa shape index (κ2) is 8.34. The Morgan fingerprint density at radius 3 is 2.61 bits per heavy atom. The molecule has 7 nitrogen and oxygen atoms in total. The van der Waals surface area contributed by atoms with E-state index in [0.29, 0.717) is 31.0 Å². The Balaban J connectivity index is 1.20. The fraction of sp³-hybridized carbons (Fsp3) is 0.667. The average molecular weight is 428 g/mol. The molecule has 2 amide bonds. The Bertz CT molecular complexity index is 845. The molecule has 1 aromatic carbocycles. The highest BCUT2D eigenvalue weighted by Crippen LogP contribution is 2.40. The number of piperidine rings is 1. The number of hydrogen-bond donors (Lipinski definition) is 0. The summed E-state index contributed by atoms with van der Waals surface area (Å²) in [5, 5.41) is 0. The van der Waals surface area contributed by atoms with Crippen molar-refractivity contribution >= 4 is 17.7 Å². The largest absolute Gasteiger partial charge is 0.497 e. The second-order valence-electron chi connectivity index (χ2n) is 9.47. The highest BCUT2D eigenvalue weighted by molar-refractivity contribution is 6.02. The molecule has 3 saturated heterocycles. The standard InChI is InChI=1S/C24H33N3O4/c1-3-31-24(29)26-18-5-6-19(26)11-16(10-18)14-25-9-8-20(15-25)27-22-13-21(30-2)7-4-17(22)12-23(27)28/h4,7,13,16,18-20H,3,5-6,8-12,14-15H2,1-2H3/t18-,19-,20-/m0/s1. The molecule has 2 bridgehead atoms. The zero-order chi connectivity index (χ0) is 21.5. The molecule has 1 aromatic rings. The summed E-state index contributed by atoms with van der Waals surface area (Å²) in [5.41, 5.74) is 2.13. The molecule has 0 radical (unpaired) electrons. The molecule has 168 valence electrons. The Kier molecular flexibility index (Phi) is 5.54. The first-order chi connectivity index (χ1) is 15.1. The van der Waals surface area contributed by atoms with Gasteiger partial charge in [-0.15, -0.1) is 0 Å². The summed E-state index contributed by atoms with van der Waals surface area (Å²) < 4.78 is 10.7. The minimum absolute atomic E-state index is 0.128. The van der Waals surface area contributed by atoms with E-state index in [1.807, 2.05) is 34.9 Å². The zero-order valence-electron chi connectivity index (χ0n) is 18.6. The van der Waals surface area contributed by atoms with Gasteiger partial charge in [-0.2, -0.15) is 0 Å². The molecule has 0 saturated carbocycles. The number of carbonyl (C=O) groups excluding carboxylic acids is 2. The first kappa shape index (κ1) is 20.6. The number of likely N-dealkylation sites (tertiary alicyclic amines) is 1. The lowest BCUT2D eigenvalue weighted by Crippen LogP contribution is -2.48. The Hall–Kier alpha value is -2.28. The molecule has 0 aliphatic carbocycles. The number of ether oxygens (including phenoxy) is 2. The maximum absolute atomic E-state index is 12.8. The summed E-state index contributed by atoms with van der Waals surface area (Å²) in [4.78, 5) is 31.7. The van der Waals surface area contributed by atoms with Gasteiger partial charge in [0.1, 0.15) is 5.75 Å². The van der Waals surface area contributed by atoms with E-state index >= 15 is 0 Å². The van der Waals surface area contributed by atoms with E-state index in [1.54, 1.807) is 7.11 Å². The molecule has 3 atom stereocenters. The van der Waals surface area contributed by atoms with Gasteiger partial charge in [0.15, 0.2) is 0 Å². The van der Waals surface area contributed by atoms with Crippen molar-refractivity contribution in [1.29, 1.82) is 0 Å². The number of hydrogen-bond acceptors (Lipinski definition) is 5. The van der Waals surface area contributed by atoms with Crippen LogP contribution in [-0.4, -0.2) is 73.3 Å². The predicted molar refractivity (Wildman–Crippen MR) is 117 cm³/mol. The number of nitrogens with zero attached hydrogens (tertiary/aromatic N) is 3. The molecule has 4 aliphatic rings. The minimum atomic E-state index is -0.128. The zero-order valence-corrected chi connectivity index (χ0v) is 18.6. The quantitative estimate of drug-likeness (QED) is 0.723.